The van der Waals surface area contributed by atoms with Gasteiger partial charge in [-0.2, -0.15) is 0 Å². The molecule has 0 spiro atoms. The molecule has 2 aromatic rings. The van der Waals surface area contributed by atoms with Crippen LogP contribution < -0.4 is 5.32 Å². The van der Waals surface area contributed by atoms with Crippen LogP contribution in [0.15, 0.2) is 24.5 Å². The van der Waals surface area contributed by atoms with Gasteiger partial charge in [0.15, 0.2) is 23.3 Å². The van der Waals surface area contributed by atoms with Crippen molar-refractivity contribution in [2.24, 2.45) is 0 Å². The Balaban J connectivity index is 2.25. The molecular formula is C13H10F4N2. The van der Waals surface area contributed by atoms with E-state index in [9.17, 15) is 17.6 Å². The van der Waals surface area contributed by atoms with Crippen LogP contribution in [0.4, 0.5) is 23.2 Å². The second kappa shape index (κ2) is 5.26. The van der Waals surface area contributed by atoms with Crippen LogP contribution in [0.25, 0.3) is 0 Å². The molecule has 2 rings (SSSR count). The lowest BCUT2D eigenvalue weighted by Crippen LogP contribution is -2.07. The summed E-state index contributed by atoms with van der Waals surface area (Å²) in [6, 6.07) is 1.91. The Hall–Kier alpha value is -2.11. The van der Waals surface area contributed by atoms with E-state index in [-0.39, 0.29) is 12.6 Å². The Bertz CT molecular complexity index is 588. The maximum atomic E-state index is 13.4. The molecule has 1 N–H and O–H groups in total. The van der Waals surface area contributed by atoms with Crippen LogP contribution in [-0.4, -0.2) is 4.98 Å². The van der Waals surface area contributed by atoms with Crippen molar-refractivity contribution < 1.29 is 17.6 Å². The number of aromatic nitrogens is 1. The molecule has 0 aliphatic carbocycles. The smallest absolute Gasteiger partial charge is 0.185 e. The molecule has 19 heavy (non-hydrogen) atoms. The largest absolute Gasteiger partial charge is 0.376 e. The van der Waals surface area contributed by atoms with E-state index in [0.717, 1.165) is 5.56 Å². The molecule has 0 saturated heterocycles. The van der Waals surface area contributed by atoms with Gasteiger partial charge < -0.3 is 5.32 Å². The van der Waals surface area contributed by atoms with E-state index in [1.807, 2.05) is 0 Å². The Labute approximate surface area is 107 Å². The quantitative estimate of drug-likeness (QED) is 0.681. The SMILES string of the molecule is Cc1cncc(CNc2c(F)c(F)cc(F)c2F)c1. The molecular weight excluding hydrogens is 260 g/mol. The molecule has 1 aromatic heterocycles. The van der Waals surface area contributed by atoms with Crippen LogP contribution in [0.1, 0.15) is 11.1 Å². The van der Waals surface area contributed by atoms with Crippen molar-refractivity contribution in [2.75, 3.05) is 5.32 Å². The van der Waals surface area contributed by atoms with Crippen molar-refractivity contribution in [1.82, 2.24) is 4.98 Å². The Morgan fingerprint density at radius 2 is 1.63 bits per heavy atom. The fourth-order valence-corrected chi connectivity index (χ4v) is 1.63. The molecule has 0 unspecified atom stereocenters. The first-order chi connectivity index (χ1) is 8.99. The minimum absolute atomic E-state index is 0.00537. The van der Waals surface area contributed by atoms with Crippen molar-refractivity contribution in [3.63, 3.8) is 0 Å². The van der Waals surface area contributed by atoms with Gasteiger partial charge in [0.05, 0.1) is 0 Å². The number of halogens is 4. The summed E-state index contributed by atoms with van der Waals surface area (Å²) in [4.78, 5) is 3.90. The molecule has 0 bridgehead atoms. The van der Waals surface area contributed by atoms with Crippen molar-refractivity contribution in [3.05, 3.63) is 58.9 Å². The van der Waals surface area contributed by atoms with E-state index in [1.165, 1.54) is 6.20 Å². The number of hydrogen-bond acceptors (Lipinski definition) is 2. The highest BCUT2D eigenvalue weighted by Gasteiger charge is 2.18. The van der Waals surface area contributed by atoms with Gasteiger partial charge in [-0.05, 0) is 18.1 Å². The number of rotatable bonds is 3. The second-order valence-electron chi connectivity index (χ2n) is 4.07. The highest BCUT2D eigenvalue weighted by molar-refractivity contribution is 5.47. The fraction of sp³-hybridized carbons (Fsp3) is 0.154. The predicted octanol–water partition coefficient (Wildman–Crippen LogP) is 3.56. The van der Waals surface area contributed by atoms with Crippen LogP contribution in [0.5, 0.6) is 0 Å². The summed E-state index contributed by atoms with van der Waals surface area (Å²) in [5, 5.41) is 2.34. The molecule has 0 aliphatic rings. The third-order valence-electron chi connectivity index (χ3n) is 2.51. The molecule has 0 radical (unpaired) electrons. The van der Waals surface area contributed by atoms with Crippen molar-refractivity contribution in [1.29, 1.82) is 0 Å². The normalized spacial score (nSPS) is 10.6. The summed E-state index contributed by atoms with van der Waals surface area (Å²) < 4.78 is 52.7. The van der Waals surface area contributed by atoms with Gasteiger partial charge in [-0.15, -0.1) is 0 Å². The maximum absolute atomic E-state index is 13.4. The van der Waals surface area contributed by atoms with Gasteiger partial charge in [-0.3, -0.25) is 4.98 Å². The number of nitrogens with zero attached hydrogens (tertiary/aromatic N) is 1. The van der Waals surface area contributed by atoms with Crippen molar-refractivity contribution in [2.45, 2.75) is 13.5 Å². The van der Waals surface area contributed by atoms with E-state index in [4.69, 9.17) is 0 Å². The lowest BCUT2D eigenvalue weighted by Gasteiger charge is -2.10. The zero-order valence-electron chi connectivity index (χ0n) is 9.98. The molecule has 0 atom stereocenters. The van der Waals surface area contributed by atoms with Crippen LogP contribution in [0.3, 0.4) is 0 Å². The summed E-state index contributed by atoms with van der Waals surface area (Å²) in [7, 11) is 0. The maximum Gasteiger partial charge on any atom is 0.185 e. The molecule has 0 saturated carbocycles. The predicted molar refractivity (Wildman–Crippen MR) is 62.6 cm³/mol. The summed E-state index contributed by atoms with van der Waals surface area (Å²) >= 11 is 0. The number of hydrogen-bond donors (Lipinski definition) is 1. The van der Waals surface area contributed by atoms with Gasteiger partial charge in [0.2, 0.25) is 0 Å². The molecule has 1 aromatic carbocycles. The molecule has 100 valence electrons. The van der Waals surface area contributed by atoms with E-state index in [1.54, 1.807) is 19.2 Å². The van der Waals surface area contributed by atoms with Crippen molar-refractivity contribution >= 4 is 5.69 Å². The first-order valence-electron chi connectivity index (χ1n) is 5.46. The van der Waals surface area contributed by atoms with Crippen LogP contribution in [0.2, 0.25) is 0 Å². The third kappa shape index (κ3) is 2.83. The Morgan fingerprint density at radius 3 is 2.21 bits per heavy atom. The Morgan fingerprint density at radius 1 is 1.00 bits per heavy atom. The number of pyridine rings is 1. The highest BCUT2D eigenvalue weighted by Crippen LogP contribution is 2.24. The van der Waals surface area contributed by atoms with E-state index < -0.39 is 29.0 Å². The molecule has 0 aliphatic heterocycles. The Kier molecular flexibility index (Phi) is 3.69. The fourth-order valence-electron chi connectivity index (χ4n) is 1.63. The molecule has 0 amide bonds. The van der Waals surface area contributed by atoms with Gasteiger partial charge in [0.25, 0.3) is 0 Å². The zero-order chi connectivity index (χ0) is 14.0. The van der Waals surface area contributed by atoms with Gasteiger partial charge >= 0.3 is 0 Å². The third-order valence-corrected chi connectivity index (χ3v) is 2.51. The highest BCUT2D eigenvalue weighted by atomic mass is 19.2. The number of anilines is 1. The van der Waals surface area contributed by atoms with Gasteiger partial charge in [0.1, 0.15) is 5.69 Å². The lowest BCUT2D eigenvalue weighted by molar-refractivity contribution is 0.458. The van der Waals surface area contributed by atoms with Crippen molar-refractivity contribution in [3.8, 4) is 0 Å². The summed E-state index contributed by atoms with van der Waals surface area (Å²) in [5.41, 5.74) is 0.688. The second-order valence-corrected chi connectivity index (χ2v) is 4.07. The van der Waals surface area contributed by atoms with Gasteiger partial charge in [-0.25, -0.2) is 17.6 Å². The van der Waals surface area contributed by atoms with Gasteiger partial charge in [0, 0.05) is 25.0 Å². The topological polar surface area (TPSA) is 24.9 Å². The lowest BCUT2D eigenvalue weighted by atomic mass is 10.2. The molecule has 2 nitrogen and oxygen atoms in total. The minimum atomic E-state index is -1.44. The van der Waals surface area contributed by atoms with Crippen LogP contribution in [0, 0.1) is 30.2 Å². The summed E-state index contributed by atoms with van der Waals surface area (Å²) in [6.45, 7) is 1.81. The van der Waals surface area contributed by atoms with E-state index >= 15 is 0 Å². The van der Waals surface area contributed by atoms with Crippen LogP contribution >= 0.6 is 0 Å². The summed E-state index contributed by atoms with van der Waals surface area (Å²) in [6.07, 6.45) is 3.11. The minimum Gasteiger partial charge on any atom is -0.376 e. The molecule has 6 heteroatoms. The number of aryl methyl sites for hydroxylation is 1. The number of nitrogens with one attached hydrogen (secondary N) is 1. The van der Waals surface area contributed by atoms with E-state index in [0.29, 0.717) is 5.56 Å². The molecule has 0 fully saturated rings. The zero-order valence-corrected chi connectivity index (χ0v) is 9.98. The summed E-state index contributed by atoms with van der Waals surface area (Å²) in [5.74, 6) is -5.77. The molecule has 1 heterocycles. The first kappa shape index (κ1) is 13.3. The first-order valence-corrected chi connectivity index (χ1v) is 5.46. The average molecular weight is 270 g/mol. The standard InChI is InChI=1S/C13H10F4N2/c1-7-2-8(5-18-4-7)6-19-13-11(16)9(14)3-10(15)12(13)17/h2-5,19H,6H2,1H3. The average Bonchev–Trinajstić information content (AvgIpc) is 2.36. The van der Waals surface area contributed by atoms with Crippen LogP contribution in [-0.2, 0) is 6.54 Å². The number of benzene rings is 1. The van der Waals surface area contributed by atoms with Gasteiger partial charge in [-0.1, -0.05) is 6.07 Å². The monoisotopic (exact) mass is 270 g/mol. The van der Waals surface area contributed by atoms with E-state index in [2.05, 4.69) is 10.3 Å².